The number of nitrogens with two attached hydrogens (primary N) is 1. The molecule has 5 heteroatoms. The lowest BCUT2D eigenvalue weighted by Gasteiger charge is -2.45. The lowest BCUT2D eigenvalue weighted by molar-refractivity contribution is 0.141. The predicted molar refractivity (Wildman–Crippen MR) is 66.6 cm³/mol. The highest BCUT2D eigenvalue weighted by Crippen LogP contribution is 2.29. The maximum Gasteiger partial charge on any atom is 0.214 e. The molecule has 0 aromatic carbocycles. The average Bonchev–Trinajstić information content (AvgIpc) is 2.06. The third kappa shape index (κ3) is 2.76. The normalized spacial score (nSPS) is 27.2. The summed E-state index contributed by atoms with van der Waals surface area (Å²) >= 11 is 0. The Labute approximate surface area is 99.2 Å². The van der Waals surface area contributed by atoms with Gasteiger partial charge in [-0.25, -0.2) is 8.42 Å². The molecule has 1 fully saturated rings. The molecule has 0 bridgehead atoms. The third-order valence-corrected chi connectivity index (χ3v) is 5.72. The van der Waals surface area contributed by atoms with Gasteiger partial charge in [0, 0.05) is 18.1 Å². The first-order valence-corrected chi connectivity index (χ1v) is 7.55. The summed E-state index contributed by atoms with van der Waals surface area (Å²) < 4.78 is 26.1. The van der Waals surface area contributed by atoms with Crippen molar-refractivity contribution in [1.29, 1.82) is 0 Å². The maximum atomic E-state index is 12.2. The Morgan fingerprint density at radius 3 is 2.50 bits per heavy atom. The highest BCUT2D eigenvalue weighted by Gasteiger charge is 2.42. The van der Waals surface area contributed by atoms with Crippen LogP contribution in [-0.4, -0.2) is 36.6 Å². The van der Waals surface area contributed by atoms with Crippen LogP contribution in [0.4, 0.5) is 0 Å². The van der Waals surface area contributed by atoms with Gasteiger partial charge in [0.05, 0.1) is 5.75 Å². The van der Waals surface area contributed by atoms with Gasteiger partial charge in [-0.2, -0.15) is 4.31 Å². The molecule has 1 saturated heterocycles. The largest absolute Gasteiger partial charge is 0.326 e. The highest BCUT2D eigenvalue weighted by atomic mass is 32.2. The van der Waals surface area contributed by atoms with E-state index < -0.39 is 15.6 Å². The number of nitrogens with zero attached hydrogens (tertiary/aromatic N) is 1. The first kappa shape index (κ1) is 13.9. The van der Waals surface area contributed by atoms with Gasteiger partial charge in [0.2, 0.25) is 10.0 Å². The summed E-state index contributed by atoms with van der Waals surface area (Å²) in [5, 5.41) is 0. The van der Waals surface area contributed by atoms with E-state index in [1.54, 1.807) is 4.31 Å². The van der Waals surface area contributed by atoms with Gasteiger partial charge in [0.25, 0.3) is 0 Å². The smallest absolute Gasteiger partial charge is 0.214 e. The molecule has 0 radical (unpaired) electrons. The molecule has 4 nitrogen and oxygen atoms in total. The van der Waals surface area contributed by atoms with Crippen LogP contribution < -0.4 is 5.73 Å². The monoisotopic (exact) mass is 248 g/mol. The number of rotatable bonds is 3. The molecule has 1 heterocycles. The Kier molecular flexibility index (Phi) is 4.03. The minimum atomic E-state index is -3.17. The zero-order chi connectivity index (χ0) is 12.6. The van der Waals surface area contributed by atoms with Gasteiger partial charge in [0.15, 0.2) is 0 Å². The zero-order valence-electron chi connectivity index (χ0n) is 10.7. The minimum absolute atomic E-state index is 0.0665. The van der Waals surface area contributed by atoms with E-state index in [-0.39, 0.29) is 17.7 Å². The van der Waals surface area contributed by atoms with Crippen molar-refractivity contribution >= 4 is 10.0 Å². The summed E-state index contributed by atoms with van der Waals surface area (Å²) in [5.41, 5.74) is 5.57. The van der Waals surface area contributed by atoms with Gasteiger partial charge in [0.1, 0.15) is 0 Å². The summed E-state index contributed by atoms with van der Waals surface area (Å²) in [6.45, 7) is 8.31. The first-order valence-electron chi connectivity index (χ1n) is 5.94. The van der Waals surface area contributed by atoms with E-state index in [9.17, 15) is 8.42 Å². The van der Waals surface area contributed by atoms with Crippen LogP contribution in [0.3, 0.4) is 0 Å². The molecule has 1 rings (SSSR count). The molecule has 2 N–H and O–H groups in total. The molecule has 1 aliphatic rings. The molecular weight excluding hydrogens is 224 g/mol. The lowest BCUT2D eigenvalue weighted by Crippen LogP contribution is -2.61. The van der Waals surface area contributed by atoms with Gasteiger partial charge < -0.3 is 5.73 Å². The summed E-state index contributed by atoms with van der Waals surface area (Å²) in [6.07, 6.45) is 1.77. The number of piperidine rings is 1. The molecule has 0 aromatic heterocycles. The SMILES string of the molecule is CC(C)CS(=O)(=O)N1CCCC(N)C1(C)C. The molecule has 1 aliphatic heterocycles. The number of sulfonamides is 1. The molecule has 1 unspecified atom stereocenters. The molecule has 0 spiro atoms. The lowest BCUT2D eigenvalue weighted by atomic mass is 9.88. The van der Waals surface area contributed by atoms with Crippen LogP contribution in [-0.2, 0) is 10.0 Å². The quantitative estimate of drug-likeness (QED) is 0.815. The third-order valence-electron chi connectivity index (χ3n) is 3.31. The van der Waals surface area contributed by atoms with Crippen molar-refractivity contribution in [3.8, 4) is 0 Å². The molecule has 96 valence electrons. The Bertz CT molecular complexity index is 336. The van der Waals surface area contributed by atoms with Crippen LogP contribution in [0.2, 0.25) is 0 Å². The fourth-order valence-electron chi connectivity index (χ4n) is 2.29. The number of hydrogen-bond acceptors (Lipinski definition) is 3. The second-order valence-electron chi connectivity index (χ2n) is 5.65. The Morgan fingerprint density at radius 2 is 2.00 bits per heavy atom. The molecule has 0 saturated carbocycles. The highest BCUT2D eigenvalue weighted by molar-refractivity contribution is 7.89. The zero-order valence-corrected chi connectivity index (χ0v) is 11.5. The fraction of sp³-hybridized carbons (Fsp3) is 1.00. The van der Waals surface area contributed by atoms with Crippen molar-refractivity contribution in [2.24, 2.45) is 11.7 Å². The van der Waals surface area contributed by atoms with E-state index >= 15 is 0 Å². The van der Waals surface area contributed by atoms with Gasteiger partial charge in [-0.05, 0) is 32.6 Å². The van der Waals surface area contributed by atoms with Crippen molar-refractivity contribution in [2.75, 3.05) is 12.3 Å². The minimum Gasteiger partial charge on any atom is -0.326 e. The van der Waals surface area contributed by atoms with Gasteiger partial charge >= 0.3 is 0 Å². The molecule has 0 aliphatic carbocycles. The van der Waals surface area contributed by atoms with Gasteiger partial charge in [-0.1, -0.05) is 13.8 Å². The van der Waals surface area contributed by atoms with E-state index in [1.807, 2.05) is 27.7 Å². The van der Waals surface area contributed by atoms with Crippen molar-refractivity contribution < 1.29 is 8.42 Å². The second-order valence-corrected chi connectivity index (χ2v) is 7.58. The summed E-state index contributed by atoms with van der Waals surface area (Å²) in [4.78, 5) is 0. The van der Waals surface area contributed by atoms with E-state index in [0.717, 1.165) is 12.8 Å². The molecule has 1 atom stereocenters. The topological polar surface area (TPSA) is 63.4 Å². The van der Waals surface area contributed by atoms with E-state index in [0.29, 0.717) is 6.54 Å². The van der Waals surface area contributed by atoms with Gasteiger partial charge in [-0.3, -0.25) is 0 Å². The Balaban J connectivity index is 2.94. The summed E-state index contributed by atoms with van der Waals surface area (Å²) in [5.74, 6) is 0.363. The fourth-order valence-corrected chi connectivity index (χ4v) is 4.57. The van der Waals surface area contributed by atoms with E-state index in [2.05, 4.69) is 0 Å². The summed E-state index contributed by atoms with van der Waals surface area (Å²) in [6, 6.07) is -0.0665. The molecule has 0 amide bonds. The Hall–Kier alpha value is -0.130. The van der Waals surface area contributed by atoms with Crippen molar-refractivity contribution in [1.82, 2.24) is 4.31 Å². The standard InChI is InChI=1S/C11H24N2O2S/c1-9(2)8-16(14,15)13-7-5-6-10(12)11(13,3)4/h9-10H,5-8,12H2,1-4H3. The molecule has 16 heavy (non-hydrogen) atoms. The number of hydrogen-bond donors (Lipinski definition) is 1. The predicted octanol–water partition coefficient (Wildman–Crippen LogP) is 1.17. The van der Waals surface area contributed by atoms with Crippen LogP contribution in [0.25, 0.3) is 0 Å². The van der Waals surface area contributed by atoms with Crippen LogP contribution in [0.15, 0.2) is 0 Å². The van der Waals surface area contributed by atoms with Gasteiger partial charge in [-0.15, -0.1) is 0 Å². The van der Waals surface area contributed by atoms with E-state index in [4.69, 9.17) is 5.73 Å². The van der Waals surface area contributed by atoms with Crippen LogP contribution in [0.1, 0.15) is 40.5 Å². The molecule has 0 aromatic rings. The molecular formula is C11H24N2O2S. The first-order chi connectivity index (χ1) is 7.18. The Morgan fingerprint density at radius 1 is 1.44 bits per heavy atom. The average molecular weight is 248 g/mol. The maximum absolute atomic E-state index is 12.2. The van der Waals surface area contributed by atoms with Crippen molar-refractivity contribution in [2.45, 2.75) is 52.1 Å². The van der Waals surface area contributed by atoms with Crippen LogP contribution in [0, 0.1) is 5.92 Å². The second kappa shape index (κ2) is 4.63. The van der Waals surface area contributed by atoms with Crippen LogP contribution >= 0.6 is 0 Å². The van der Waals surface area contributed by atoms with Crippen LogP contribution in [0.5, 0.6) is 0 Å². The van der Waals surface area contributed by atoms with E-state index in [1.165, 1.54) is 0 Å². The summed E-state index contributed by atoms with van der Waals surface area (Å²) in [7, 11) is -3.17. The van der Waals surface area contributed by atoms with Crippen molar-refractivity contribution in [3.05, 3.63) is 0 Å². The van der Waals surface area contributed by atoms with Crippen molar-refractivity contribution in [3.63, 3.8) is 0 Å².